The van der Waals surface area contributed by atoms with Gasteiger partial charge >= 0.3 is 0 Å². The van der Waals surface area contributed by atoms with Crippen molar-refractivity contribution in [2.75, 3.05) is 24.7 Å². The van der Waals surface area contributed by atoms with Gasteiger partial charge in [-0.2, -0.15) is 0 Å². The molecule has 0 spiro atoms. The van der Waals surface area contributed by atoms with Crippen LogP contribution in [0.3, 0.4) is 0 Å². The van der Waals surface area contributed by atoms with Gasteiger partial charge in [-0.15, -0.1) is 16.4 Å². The molecule has 0 aliphatic heterocycles. The topological polar surface area (TPSA) is 91.0 Å². The molecular weight excluding hydrogens is 394 g/mol. The summed E-state index contributed by atoms with van der Waals surface area (Å²) >= 11 is 2.80. The Morgan fingerprint density at radius 3 is 2.86 bits per heavy atom. The predicted molar refractivity (Wildman–Crippen MR) is 113 cm³/mol. The number of thiophene rings is 1. The summed E-state index contributed by atoms with van der Waals surface area (Å²) in [4.78, 5) is 31.4. The largest absolute Gasteiger partial charge is 0.336 e. The van der Waals surface area contributed by atoms with Crippen LogP contribution >= 0.6 is 23.1 Å². The molecule has 28 heavy (non-hydrogen) atoms. The molecule has 0 fully saturated rings. The van der Waals surface area contributed by atoms with Crippen molar-refractivity contribution < 1.29 is 9.59 Å². The minimum absolute atomic E-state index is 0.0127. The molecule has 7 nitrogen and oxygen atoms in total. The van der Waals surface area contributed by atoms with Crippen molar-refractivity contribution in [1.29, 1.82) is 0 Å². The summed E-state index contributed by atoms with van der Waals surface area (Å²) in [6.07, 6.45) is 0. The Bertz CT molecular complexity index is 969. The molecule has 0 radical (unpaired) electrons. The van der Waals surface area contributed by atoms with Gasteiger partial charge in [0.1, 0.15) is 0 Å². The molecule has 0 saturated heterocycles. The van der Waals surface area contributed by atoms with Crippen LogP contribution < -0.4 is 5.32 Å². The van der Waals surface area contributed by atoms with E-state index in [0.29, 0.717) is 11.0 Å². The summed E-state index contributed by atoms with van der Waals surface area (Å²) in [5.41, 5.74) is 2.81. The van der Waals surface area contributed by atoms with Gasteiger partial charge in [-0.1, -0.05) is 30.0 Å². The lowest BCUT2D eigenvalue weighted by Crippen LogP contribution is -2.36. The van der Waals surface area contributed by atoms with Crippen LogP contribution in [-0.4, -0.2) is 51.2 Å². The Hall–Kier alpha value is -2.65. The highest BCUT2D eigenvalue weighted by atomic mass is 32.2. The second-order valence-electron chi connectivity index (χ2n) is 6.35. The van der Waals surface area contributed by atoms with E-state index in [9.17, 15) is 9.59 Å². The molecule has 3 rings (SSSR count). The van der Waals surface area contributed by atoms with Crippen LogP contribution in [-0.2, 0) is 9.59 Å². The maximum atomic E-state index is 12.3. The zero-order valence-electron chi connectivity index (χ0n) is 15.9. The van der Waals surface area contributed by atoms with Crippen molar-refractivity contribution in [3.8, 4) is 10.7 Å². The second-order valence-corrected chi connectivity index (χ2v) is 8.24. The fourth-order valence-electron chi connectivity index (χ4n) is 2.43. The third-order valence-corrected chi connectivity index (χ3v) is 5.73. The molecule has 2 heterocycles. The van der Waals surface area contributed by atoms with Crippen LogP contribution in [0.25, 0.3) is 10.7 Å². The normalized spacial score (nSPS) is 10.7. The lowest BCUT2D eigenvalue weighted by atomic mass is 10.1. The van der Waals surface area contributed by atoms with E-state index < -0.39 is 0 Å². The van der Waals surface area contributed by atoms with Gasteiger partial charge in [0.15, 0.2) is 5.82 Å². The lowest BCUT2D eigenvalue weighted by Gasteiger charge is -2.17. The number of carbonyl (C=O) groups is 2. The van der Waals surface area contributed by atoms with Gasteiger partial charge < -0.3 is 10.2 Å². The van der Waals surface area contributed by atoms with E-state index in [2.05, 4.69) is 20.5 Å². The molecule has 0 atom stereocenters. The number of hydrogen-bond donors (Lipinski definition) is 2. The number of amides is 2. The summed E-state index contributed by atoms with van der Waals surface area (Å²) in [5, 5.41) is 12.3. The number of likely N-dealkylation sites (N-methyl/N-ethyl adjacent to an activating group) is 1. The first-order valence-corrected chi connectivity index (χ1v) is 10.5. The lowest BCUT2D eigenvalue weighted by molar-refractivity contribution is -0.131. The minimum Gasteiger partial charge on any atom is -0.336 e. The van der Waals surface area contributed by atoms with E-state index >= 15 is 0 Å². The molecule has 0 aliphatic rings. The molecule has 3 aromatic rings. The summed E-state index contributed by atoms with van der Waals surface area (Å²) in [6, 6.07) is 9.76. The number of aryl methyl sites for hydroxylation is 2. The number of rotatable bonds is 7. The summed E-state index contributed by atoms with van der Waals surface area (Å²) in [6.45, 7) is 3.89. The molecule has 2 aromatic heterocycles. The van der Waals surface area contributed by atoms with Crippen LogP contribution in [0, 0.1) is 13.8 Å². The minimum atomic E-state index is -0.229. The molecule has 0 bridgehead atoms. The number of nitrogens with one attached hydrogen (secondary N) is 2. The molecule has 0 aliphatic carbocycles. The van der Waals surface area contributed by atoms with E-state index in [1.807, 2.05) is 49.6 Å². The van der Waals surface area contributed by atoms with Crippen molar-refractivity contribution >= 4 is 40.6 Å². The first-order chi connectivity index (χ1) is 13.4. The number of nitrogens with zero attached hydrogens (tertiary/aromatic N) is 3. The van der Waals surface area contributed by atoms with Crippen molar-refractivity contribution in [3.05, 3.63) is 46.8 Å². The van der Waals surface area contributed by atoms with Crippen LogP contribution in [0.4, 0.5) is 5.69 Å². The molecule has 0 saturated carbocycles. The Labute approximate surface area is 171 Å². The van der Waals surface area contributed by atoms with Gasteiger partial charge in [-0.3, -0.25) is 14.7 Å². The monoisotopic (exact) mass is 415 g/mol. The van der Waals surface area contributed by atoms with Crippen molar-refractivity contribution in [2.45, 2.75) is 19.0 Å². The maximum Gasteiger partial charge on any atom is 0.243 e. The average molecular weight is 416 g/mol. The number of thioether (sulfide) groups is 1. The number of H-pyrrole nitrogens is 1. The molecule has 9 heteroatoms. The first kappa shape index (κ1) is 20.1. The number of benzene rings is 1. The van der Waals surface area contributed by atoms with Crippen molar-refractivity contribution in [3.63, 3.8) is 0 Å². The predicted octanol–water partition coefficient (Wildman–Crippen LogP) is 3.34. The Morgan fingerprint density at radius 1 is 1.29 bits per heavy atom. The Kier molecular flexibility index (Phi) is 6.48. The molecule has 146 valence electrons. The number of anilines is 1. The first-order valence-electron chi connectivity index (χ1n) is 8.62. The highest BCUT2D eigenvalue weighted by Crippen LogP contribution is 2.23. The molecule has 2 amide bonds. The third kappa shape index (κ3) is 5.20. The van der Waals surface area contributed by atoms with Gasteiger partial charge in [0.2, 0.25) is 17.0 Å². The summed E-state index contributed by atoms with van der Waals surface area (Å²) in [5.74, 6) is 0.455. The second kappa shape index (κ2) is 9.03. The molecule has 1 aromatic carbocycles. The van der Waals surface area contributed by atoms with Crippen molar-refractivity contribution in [1.82, 2.24) is 20.1 Å². The summed E-state index contributed by atoms with van der Waals surface area (Å²) < 4.78 is 0. The summed E-state index contributed by atoms with van der Waals surface area (Å²) in [7, 11) is 1.61. The van der Waals surface area contributed by atoms with Crippen LogP contribution in [0.15, 0.2) is 40.9 Å². The average Bonchev–Trinajstić information content (AvgIpc) is 3.33. The highest BCUT2D eigenvalue weighted by Gasteiger charge is 2.16. The number of aromatic nitrogens is 3. The van der Waals surface area contributed by atoms with Gasteiger partial charge in [0, 0.05) is 12.7 Å². The van der Waals surface area contributed by atoms with Crippen LogP contribution in [0.1, 0.15) is 11.1 Å². The van der Waals surface area contributed by atoms with Crippen LogP contribution in [0.5, 0.6) is 0 Å². The van der Waals surface area contributed by atoms with E-state index in [-0.39, 0.29) is 24.1 Å². The maximum absolute atomic E-state index is 12.3. The Balaban J connectivity index is 1.49. The van der Waals surface area contributed by atoms with Crippen molar-refractivity contribution in [2.24, 2.45) is 0 Å². The fourth-order valence-corrected chi connectivity index (χ4v) is 3.84. The molecule has 0 unspecified atom stereocenters. The van der Waals surface area contributed by atoms with Gasteiger partial charge in [-0.05, 0) is 42.5 Å². The fraction of sp³-hybridized carbons (Fsp3) is 0.263. The molecule has 2 N–H and O–H groups in total. The number of aromatic amines is 1. The third-order valence-electron chi connectivity index (χ3n) is 4.02. The van der Waals surface area contributed by atoms with Crippen LogP contribution in [0.2, 0.25) is 0 Å². The smallest absolute Gasteiger partial charge is 0.243 e. The Morgan fingerprint density at radius 2 is 2.11 bits per heavy atom. The standard InChI is InChI=1S/C19H21N5O2S2/c1-12-6-7-13(2)14(9-12)20-16(25)10-24(3)17(26)11-28-19-21-18(22-23-19)15-5-4-8-27-15/h4-9H,10-11H2,1-3H3,(H,20,25)(H,21,22,23). The van der Waals surface area contributed by atoms with Gasteiger partial charge in [0.25, 0.3) is 0 Å². The zero-order chi connectivity index (χ0) is 20.1. The van der Waals surface area contributed by atoms with E-state index in [0.717, 1.165) is 21.7 Å². The highest BCUT2D eigenvalue weighted by molar-refractivity contribution is 7.99. The number of hydrogen-bond acceptors (Lipinski definition) is 6. The van der Waals surface area contributed by atoms with Gasteiger partial charge in [0.05, 0.1) is 17.2 Å². The van der Waals surface area contributed by atoms with E-state index in [4.69, 9.17) is 0 Å². The van der Waals surface area contributed by atoms with E-state index in [1.165, 1.54) is 16.7 Å². The quantitative estimate of drug-likeness (QED) is 0.578. The SMILES string of the molecule is Cc1ccc(C)c(NC(=O)CN(C)C(=O)CSc2n[nH]c(-c3cccs3)n2)c1. The zero-order valence-corrected chi connectivity index (χ0v) is 17.5. The number of carbonyl (C=O) groups excluding carboxylic acids is 2. The molecular formula is C19H21N5O2S2. The van der Waals surface area contributed by atoms with E-state index in [1.54, 1.807) is 18.4 Å². The van der Waals surface area contributed by atoms with Gasteiger partial charge in [-0.25, -0.2) is 4.98 Å².